The van der Waals surface area contributed by atoms with Gasteiger partial charge in [0, 0.05) is 31.3 Å². The molecule has 1 saturated carbocycles. The number of benzene rings is 1. The normalized spacial score (nSPS) is 15.9. The number of hydrogen-bond acceptors (Lipinski definition) is 3. The second-order valence-corrected chi connectivity index (χ2v) is 8.20. The number of nitrogens with one attached hydrogen (secondary N) is 2. The number of amides is 2. The lowest BCUT2D eigenvalue weighted by Gasteiger charge is -2.43. The van der Waals surface area contributed by atoms with Gasteiger partial charge in [-0.05, 0) is 37.6 Å². The average Bonchev–Trinajstić information content (AvgIpc) is 2.95. The molecule has 1 aromatic heterocycles. The summed E-state index contributed by atoms with van der Waals surface area (Å²) >= 11 is 0. The zero-order chi connectivity index (χ0) is 25.6. The monoisotopic (exact) mass is 481 g/mol. The van der Waals surface area contributed by atoms with Crippen LogP contribution in [0.1, 0.15) is 56.9 Å². The van der Waals surface area contributed by atoms with Crippen LogP contribution in [-0.4, -0.2) is 33.6 Å². The van der Waals surface area contributed by atoms with E-state index in [1.165, 1.54) is 25.5 Å². The molecule has 0 unspecified atom stereocenters. The summed E-state index contributed by atoms with van der Waals surface area (Å²) < 4.78 is 67.3. The van der Waals surface area contributed by atoms with Gasteiger partial charge in [0.15, 0.2) is 0 Å². The van der Waals surface area contributed by atoms with Crippen LogP contribution in [0.3, 0.4) is 0 Å². The highest BCUT2D eigenvalue weighted by Gasteiger charge is 2.57. The van der Waals surface area contributed by atoms with Crippen molar-refractivity contribution in [3.8, 4) is 12.3 Å². The van der Waals surface area contributed by atoms with Crippen molar-refractivity contribution in [3.05, 3.63) is 52.1 Å². The minimum atomic E-state index is -3.10. The van der Waals surface area contributed by atoms with Gasteiger partial charge in [-0.25, -0.2) is 22.0 Å². The molecule has 2 aromatic rings. The van der Waals surface area contributed by atoms with Crippen molar-refractivity contribution in [2.75, 3.05) is 5.32 Å². The van der Waals surface area contributed by atoms with E-state index in [1.807, 2.05) is 0 Å². The van der Waals surface area contributed by atoms with Gasteiger partial charge < -0.3 is 15.2 Å². The highest BCUT2D eigenvalue weighted by molar-refractivity contribution is 6.44. The topological polar surface area (TPSA) is 80.2 Å². The molecule has 3 rings (SSSR count). The second-order valence-electron chi connectivity index (χ2n) is 8.20. The fourth-order valence-corrected chi connectivity index (χ4v) is 4.06. The van der Waals surface area contributed by atoms with Crippen molar-refractivity contribution in [1.82, 2.24) is 9.88 Å². The minimum absolute atomic E-state index is 0.0570. The molecule has 1 heterocycles. The summed E-state index contributed by atoms with van der Waals surface area (Å²) in [6, 6.07) is 2.67. The molecule has 180 valence electrons. The molecule has 2 N–H and O–H groups in total. The van der Waals surface area contributed by atoms with Crippen LogP contribution >= 0.6 is 0 Å². The molecule has 0 radical (unpaired) electrons. The van der Waals surface area contributed by atoms with Gasteiger partial charge in [-0.3, -0.25) is 14.4 Å². The van der Waals surface area contributed by atoms with Crippen molar-refractivity contribution >= 4 is 23.3 Å². The van der Waals surface area contributed by atoms with Crippen molar-refractivity contribution in [3.63, 3.8) is 0 Å². The Morgan fingerprint density at radius 1 is 1.18 bits per heavy atom. The molecule has 2 amide bonds. The number of alkyl halides is 4. The standard InChI is InChI=1S/C23H20F5N3O3/c1-5-22(9-23(27,28)10-22)30-21(34)18(32)16-11(2)17(31(4)12(16)3)20(33)29-13-6-7-15(24)14(8-13)19(25)26/h1,6-8,19H,9-10H2,2-4H3,(H,29,33)(H,30,34). The molecule has 1 aliphatic carbocycles. The SMILES string of the molecule is C#CC1(NC(=O)C(=O)c2c(C)c(C(=O)Nc3ccc(F)c(C(F)F)c3)n(C)c2C)CC(F)(F)C1. The highest BCUT2D eigenvalue weighted by Crippen LogP contribution is 2.45. The molecule has 34 heavy (non-hydrogen) atoms. The number of Topliss-reactive ketones (excluding diaryl/α,β-unsaturated/α-hetero) is 1. The summed E-state index contributed by atoms with van der Waals surface area (Å²) in [4.78, 5) is 38.2. The first-order chi connectivity index (χ1) is 15.7. The zero-order valence-electron chi connectivity index (χ0n) is 18.4. The molecule has 0 saturated heterocycles. The lowest BCUT2D eigenvalue weighted by Crippen LogP contribution is -2.62. The van der Waals surface area contributed by atoms with E-state index in [-0.39, 0.29) is 28.2 Å². The molecule has 1 aromatic carbocycles. The Kier molecular flexibility index (Phi) is 6.30. The Hall–Kier alpha value is -3.68. The number of terminal acetylenes is 1. The molecular weight excluding hydrogens is 461 g/mol. The van der Waals surface area contributed by atoms with Crippen molar-refractivity contribution < 1.29 is 36.3 Å². The smallest absolute Gasteiger partial charge is 0.293 e. The first-order valence-corrected chi connectivity index (χ1v) is 9.99. The van der Waals surface area contributed by atoms with E-state index in [1.54, 1.807) is 0 Å². The van der Waals surface area contributed by atoms with E-state index in [0.29, 0.717) is 0 Å². The van der Waals surface area contributed by atoms with E-state index >= 15 is 0 Å². The van der Waals surface area contributed by atoms with E-state index in [9.17, 15) is 36.3 Å². The van der Waals surface area contributed by atoms with Gasteiger partial charge in [-0.1, -0.05) is 5.92 Å². The van der Waals surface area contributed by atoms with Gasteiger partial charge in [0.1, 0.15) is 17.1 Å². The Bertz CT molecular complexity index is 1240. The third-order valence-corrected chi connectivity index (χ3v) is 5.82. The zero-order valence-corrected chi connectivity index (χ0v) is 18.4. The summed E-state index contributed by atoms with van der Waals surface area (Å²) in [5.41, 5.74) is -2.50. The largest absolute Gasteiger partial charge is 0.343 e. The van der Waals surface area contributed by atoms with Gasteiger partial charge in [-0.2, -0.15) is 0 Å². The number of aromatic nitrogens is 1. The fraction of sp³-hybridized carbons (Fsp3) is 0.348. The van der Waals surface area contributed by atoms with Gasteiger partial charge in [0.25, 0.3) is 29.9 Å². The number of nitrogens with zero attached hydrogens (tertiary/aromatic N) is 1. The maximum absolute atomic E-state index is 13.5. The van der Waals surface area contributed by atoms with Gasteiger partial charge in [0.2, 0.25) is 0 Å². The first-order valence-electron chi connectivity index (χ1n) is 9.99. The Balaban J connectivity index is 1.86. The summed E-state index contributed by atoms with van der Waals surface area (Å²) in [5.74, 6) is -5.14. The molecule has 1 aliphatic rings. The first kappa shape index (κ1) is 25.0. The van der Waals surface area contributed by atoms with Crippen molar-refractivity contribution in [1.29, 1.82) is 0 Å². The summed E-state index contributed by atoms with van der Waals surface area (Å²) in [7, 11) is 1.44. The van der Waals surface area contributed by atoms with E-state index in [4.69, 9.17) is 6.42 Å². The van der Waals surface area contributed by atoms with E-state index < -0.39 is 59.7 Å². The summed E-state index contributed by atoms with van der Waals surface area (Å²) in [5, 5.41) is 4.55. The fourth-order valence-electron chi connectivity index (χ4n) is 4.06. The van der Waals surface area contributed by atoms with Gasteiger partial charge in [-0.15, -0.1) is 6.42 Å². The lowest BCUT2D eigenvalue weighted by molar-refractivity contribution is -0.133. The molecule has 11 heteroatoms. The highest BCUT2D eigenvalue weighted by atomic mass is 19.3. The molecule has 0 aliphatic heterocycles. The molecule has 0 spiro atoms. The number of hydrogen-bond donors (Lipinski definition) is 2. The molecule has 0 bridgehead atoms. The summed E-state index contributed by atoms with van der Waals surface area (Å²) in [6.07, 6.45) is 0.588. The lowest BCUT2D eigenvalue weighted by atomic mass is 9.74. The maximum Gasteiger partial charge on any atom is 0.293 e. The Labute approximate surface area is 191 Å². The number of rotatable bonds is 6. The predicted molar refractivity (Wildman–Crippen MR) is 112 cm³/mol. The number of anilines is 1. The third kappa shape index (κ3) is 4.40. The van der Waals surface area contributed by atoms with E-state index in [0.717, 1.165) is 18.2 Å². The average molecular weight is 481 g/mol. The summed E-state index contributed by atoms with van der Waals surface area (Å²) in [6.45, 7) is 2.86. The number of carbonyl (C=O) groups is 3. The molecule has 1 fully saturated rings. The maximum atomic E-state index is 13.5. The minimum Gasteiger partial charge on any atom is -0.343 e. The Morgan fingerprint density at radius 2 is 1.79 bits per heavy atom. The molecule has 6 nitrogen and oxygen atoms in total. The molecule has 0 atom stereocenters. The second kappa shape index (κ2) is 8.59. The van der Waals surface area contributed by atoms with Crippen LogP contribution < -0.4 is 10.6 Å². The van der Waals surface area contributed by atoms with Crippen LogP contribution in [0, 0.1) is 32.0 Å². The van der Waals surface area contributed by atoms with Gasteiger partial charge in [0.05, 0.1) is 11.1 Å². The van der Waals surface area contributed by atoms with Gasteiger partial charge >= 0.3 is 0 Å². The van der Waals surface area contributed by atoms with Crippen LogP contribution in [0.25, 0.3) is 0 Å². The number of ketones is 1. The molecular formula is C23H20F5N3O3. The van der Waals surface area contributed by atoms with E-state index in [2.05, 4.69) is 16.6 Å². The van der Waals surface area contributed by atoms with Crippen LogP contribution in [0.2, 0.25) is 0 Å². The third-order valence-electron chi connectivity index (χ3n) is 5.82. The number of halogens is 5. The van der Waals surface area contributed by atoms with Crippen LogP contribution in [0.4, 0.5) is 27.6 Å². The number of carbonyl (C=O) groups excluding carboxylic acids is 3. The van der Waals surface area contributed by atoms with Crippen molar-refractivity contribution in [2.24, 2.45) is 7.05 Å². The quantitative estimate of drug-likeness (QED) is 0.283. The van der Waals surface area contributed by atoms with Crippen molar-refractivity contribution in [2.45, 2.75) is 44.6 Å². The van der Waals surface area contributed by atoms with Crippen LogP contribution in [0.15, 0.2) is 18.2 Å². The van der Waals surface area contributed by atoms with Crippen LogP contribution in [-0.2, 0) is 11.8 Å². The Morgan fingerprint density at radius 3 is 2.32 bits per heavy atom. The predicted octanol–water partition coefficient (Wildman–Crippen LogP) is 4.07. The van der Waals surface area contributed by atoms with Crippen LogP contribution in [0.5, 0.6) is 0 Å².